The van der Waals surface area contributed by atoms with Gasteiger partial charge in [-0.25, -0.2) is 9.97 Å². The van der Waals surface area contributed by atoms with Gasteiger partial charge in [0, 0.05) is 12.6 Å². The van der Waals surface area contributed by atoms with E-state index in [0.29, 0.717) is 12.5 Å². The second kappa shape index (κ2) is 7.97. The molecule has 0 atom stereocenters. The molecule has 19 heavy (non-hydrogen) atoms. The molecule has 0 radical (unpaired) electrons. The number of hydrogen-bond donors (Lipinski definition) is 1. The second-order valence-corrected chi connectivity index (χ2v) is 5.31. The van der Waals surface area contributed by atoms with Gasteiger partial charge in [-0.15, -0.1) is 0 Å². The molecule has 1 saturated carbocycles. The molecule has 0 spiro atoms. The van der Waals surface area contributed by atoms with Crippen LogP contribution in [0.25, 0.3) is 0 Å². The predicted molar refractivity (Wildman–Crippen MR) is 77.5 cm³/mol. The molecule has 1 aliphatic carbocycles. The summed E-state index contributed by atoms with van der Waals surface area (Å²) in [6.07, 6.45) is 10.9. The molecule has 106 valence electrons. The van der Waals surface area contributed by atoms with Crippen LogP contribution in [-0.2, 0) is 0 Å². The summed E-state index contributed by atoms with van der Waals surface area (Å²) in [4.78, 5) is 8.31. The van der Waals surface area contributed by atoms with Gasteiger partial charge >= 0.3 is 0 Å². The fourth-order valence-electron chi connectivity index (χ4n) is 2.63. The lowest BCUT2D eigenvalue weighted by Crippen LogP contribution is -2.06. The molecule has 0 aromatic carbocycles. The van der Waals surface area contributed by atoms with Gasteiger partial charge in [0.1, 0.15) is 12.1 Å². The largest absolute Gasteiger partial charge is 0.478 e. The third-order valence-electron chi connectivity index (χ3n) is 3.67. The maximum atomic E-state index is 5.49. The quantitative estimate of drug-likeness (QED) is 0.727. The molecule has 4 nitrogen and oxygen atoms in total. The standard InChI is InChI=1S/C15H25N3O/c1-2-10-19-15-11-14(17-12-18-15)16-9-5-8-13-6-3-4-7-13/h11-13H,2-10H2,1H3,(H,16,17,18). The fourth-order valence-corrected chi connectivity index (χ4v) is 2.63. The van der Waals surface area contributed by atoms with Gasteiger partial charge in [-0.1, -0.05) is 32.6 Å². The molecule has 4 heteroatoms. The van der Waals surface area contributed by atoms with Crippen LogP contribution in [0.3, 0.4) is 0 Å². The first kappa shape index (κ1) is 14.1. The Hall–Kier alpha value is -1.32. The molecule has 0 unspecified atom stereocenters. The Balaban J connectivity index is 1.66. The summed E-state index contributed by atoms with van der Waals surface area (Å²) in [6.45, 7) is 3.78. The molecular formula is C15H25N3O. The van der Waals surface area contributed by atoms with Crippen molar-refractivity contribution in [2.45, 2.75) is 51.9 Å². The van der Waals surface area contributed by atoms with E-state index in [1.165, 1.54) is 38.5 Å². The van der Waals surface area contributed by atoms with Crippen LogP contribution in [0.15, 0.2) is 12.4 Å². The SMILES string of the molecule is CCCOc1cc(NCCCC2CCCC2)ncn1. The van der Waals surface area contributed by atoms with E-state index in [2.05, 4.69) is 22.2 Å². The lowest BCUT2D eigenvalue weighted by molar-refractivity contribution is 0.305. The van der Waals surface area contributed by atoms with E-state index in [1.807, 2.05) is 6.07 Å². The highest BCUT2D eigenvalue weighted by molar-refractivity contribution is 5.36. The van der Waals surface area contributed by atoms with E-state index < -0.39 is 0 Å². The minimum Gasteiger partial charge on any atom is -0.478 e. The Labute approximate surface area is 116 Å². The normalized spacial score (nSPS) is 15.6. The van der Waals surface area contributed by atoms with Crippen LogP contribution >= 0.6 is 0 Å². The van der Waals surface area contributed by atoms with Gasteiger partial charge in [0.15, 0.2) is 0 Å². The Morgan fingerprint density at radius 3 is 2.95 bits per heavy atom. The molecule has 1 fully saturated rings. The number of anilines is 1. The topological polar surface area (TPSA) is 47.0 Å². The summed E-state index contributed by atoms with van der Waals surface area (Å²) in [6, 6.07) is 1.88. The van der Waals surface area contributed by atoms with Gasteiger partial charge in [-0.05, 0) is 25.2 Å². The summed E-state index contributed by atoms with van der Waals surface area (Å²) in [5.41, 5.74) is 0. The van der Waals surface area contributed by atoms with Crippen molar-refractivity contribution in [2.75, 3.05) is 18.5 Å². The van der Waals surface area contributed by atoms with E-state index in [-0.39, 0.29) is 0 Å². The van der Waals surface area contributed by atoms with Crippen LogP contribution in [0.2, 0.25) is 0 Å². The predicted octanol–water partition coefficient (Wildman–Crippen LogP) is 3.65. The number of nitrogens with zero attached hydrogens (tertiary/aromatic N) is 2. The second-order valence-electron chi connectivity index (χ2n) is 5.31. The van der Waals surface area contributed by atoms with Crippen molar-refractivity contribution in [3.8, 4) is 5.88 Å². The Morgan fingerprint density at radius 1 is 1.32 bits per heavy atom. The van der Waals surface area contributed by atoms with Crippen molar-refractivity contribution in [1.29, 1.82) is 0 Å². The summed E-state index contributed by atoms with van der Waals surface area (Å²) in [5.74, 6) is 2.50. The molecule has 1 aromatic heterocycles. The first-order valence-electron chi connectivity index (χ1n) is 7.57. The maximum Gasteiger partial charge on any atom is 0.218 e. The van der Waals surface area contributed by atoms with E-state index in [0.717, 1.165) is 24.7 Å². The molecule has 1 heterocycles. The van der Waals surface area contributed by atoms with Crippen molar-refractivity contribution in [3.63, 3.8) is 0 Å². The number of nitrogens with one attached hydrogen (secondary N) is 1. The van der Waals surface area contributed by atoms with Crippen LogP contribution in [0.4, 0.5) is 5.82 Å². The number of hydrogen-bond acceptors (Lipinski definition) is 4. The highest BCUT2D eigenvalue weighted by Gasteiger charge is 2.13. The van der Waals surface area contributed by atoms with Gasteiger partial charge in [0.05, 0.1) is 6.61 Å². The zero-order valence-electron chi connectivity index (χ0n) is 11.9. The van der Waals surface area contributed by atoms with Gasteiger partial charge in [-0.3, -0.25) is 0 Å². The van der Waals surface area contributed by atoms with Gasteiger partial charge in [0.25, 0.3) is 0 Å². The van der Waals surface area contributed by atoms with Crippen molar-refractivity contribution < 1.29 is 4.74 Å². The zero-order chi connectivity index (χ0) is 13.3. The van der Waals surface area contributed by atoms with Crippen molar-refractivity contribution in [2.24, 2.45) is 5.92 Å². The summed E-state index contributed by atoms with van der Waals surface area (Å²) < 4.78 is 5.49. The van der Waals surface area contributed by atoms with Crippen LogP contribution in [-0.4, -0.2) is 23.1 Å². The molecule has 0 aliphatic heterocycles. The minimum absolute atomic E-state index is 0.662. The van der Waals surface area contributed by atoms with Crippen molar-refractivity contribution >= 4 is 5.82 Å². The average molecular weight is 263 g/mol. The molecule has 0 bridgehead atoms. The van der Waals surface area contributed by atoms with Crippen molar-refractivity contribution in [1.82, 2.24) is 9.97 Å². The molecule has 1 N–H and O–H groups in total. The summed E-state index contributed by atoms with van der Waals surface area (Å²) in [7, 11) is 0. The van der Waals surface area contributed by atoms with Crippen LogP contribution in [0, 0.1) is 5.92 Å². The highest BCUT2D eigenvalue weighted by atomic mass is 16.5. The van der Waals surface area contributed by atoms with E-state index >= 15 is 0 Å². The van der Waals surface area contributed by atoms with Gasteiger partial charge in [-0.2, -0.15) is 0 Å². The zero-order valence-corrected chi connectivity index (χ0v) is 11.9. The summed E-state index contributed by atoms with van der Waals surface area (Å²) in [5, 5.41) is 3.35. The van der Waals surface area contributed by atoms with Crippen molar-refractivity contribution in [3.05, 3.63) is 12.4 Å². The molecule has 1 aromatic rings. The molecule has 1 aliphatic rings. The van der Waals surface area contributed by atoms with Crippen LogP contribution in [0.5, 0.6) is 5.88 Å². The third-order valence-corrected chi connectivity index (χ3v) is 3.67. The van der Waals surface area contributed by atoms with Gasteiger partial charge in [0.2, 0.25) is 5.88 Å². The first-order valence-corrected chi connectivity index (χ1v) is 7.57. The molecule has 0 amide bonds. The Morgan fingerprint density at radius 2 is 2.16 bits per heavy atom. The smallest absolute Gasteiger partial charge is 0.218 e. The Kier molecular flexibility index (Phi) is 5.92. The number of ether oxygens (including phenoxy) is 1. The van der Waals surface area contributed by atoms with Crippen LogP contribution in [0.1, 0.15) is 51.9 Å². The molecule has 0 saturated heterocycles. The minimum atomic E-state index is 0.662. The Bertz CT molecular complexity index is 364. The lowest BCUT2D eigenvalue weighted by atomic mass is 10.0. The third kappa shape index (κ3) is 5.05. The highest BCUT2D eigenvalue weighted by Crippen LogP contribution is 2.28. The number of rotatable bonds is 8. The molecular weight excluding hydrogens is 238 g/mol. The molecule has 2 rings (SSSR count). The lowest BCUT2D eigenvalue weighted by Gasteiger charge is -2.10. The van der Waals surface area contributed by atoms with Gasteiger partial charge < -0.3 is 10.1 Å². The fraction of sp³-hybridized carbons (Fsp3) is 0.733. The first-order chi connectivity index (χ1) is 9.38. The average Bonchev–Trinajstić information content (AvgIpc) is 2.95. The monoisotopic (exact) mass is 263 g/mol. The van der Waals surface area contributed by atoms with Crippen LogP contribution < -0.4 is 10.1 Å². The van der Waals surface area contributed by atoms with E-state index in [1.54, 1.807) is 6.33 Å². The van der Waals surface area contributed by atoms with E-state index in [9.17, 15) is 0 Å². The maximum absolute atomic E-state index is 5.49. The number of aromatic nitrogens is 2. The summed E-state index contributed by atoms with van der Waals surface area (Å²) >= 11 is 0. The van der Waals surface area contributed by atoms with E-state index in [4.69, 9.17) is 4.74 Å².